The molecule has 1 atom stereocenters. The summed E-state index contributed by atoms with van der Waals surface area (Å²) in [6, 6.07) is 1.26. The Morgan fingerprint density at radius 1 is 1.27 bits per heavy atom. The van der Waals surface area contributed by atoms with E-state index in [1.165, 1.54) is 19.3 Å². The average Bonchev–Trinajstić information content (AvgIpc) is 2.30. The minimum absolute atomic E-state index is 0.457. The molecule has 2 nitrogen and oxygen atoms in total. The quantitative estimate of drug-likeness (QED) is 0.649. The first-order valence-corrected chi connectivity index (χ1v) is 6.17. The maximum atomic E-state index is 11.2. The van der Waals surface area contributed by atoms with E-state index >= 15 is 0 Å². The van der Waals surface area contributed by atoms with Gasteiger partial charge in [0.15, 0.2) is 0 Å². The second kappa shape index (κ2) is 4.93. The molecule has 0 radical (unpaired) electrons. The second-order valence-corrected chi connectivity index (χ2v) is 4.86. The fourth-order valence-electron chi connectivity index (χ4n) is 2.74. The van der Waals surface area contributed by atoms with E-state index in [1.807, 2.05) is 0 Å². The lowest BCUT2D eigenvalue weighted by molar-refractivity contribution is -0.121. The zero-order valence-corrected chi connectivity index (χ0v) is 9.61. The molecule has 84 valence electrons. The molecule has 0 saturated heterocycles. The first kappa shape index (κ1) is 10.9. The number of rotatable bonds is 2. The van der Waals surface area contributed by atoms with Crippen LogP contribution in [0.1, 0.15) is 44.9 Å². The lowest BCUT2D eigenvalue weighted by Gasteiger charge is -2.36. The average molecular weight is 207 g/mol. The minimum atomic E-state index is 0.457. The Balaban J connectivity index is 1.89. The summed E-state index contributed by atoms with van der Waals surface area (Å²) in [7, 11) is 2.22. The van der Waals surface area contributed by atoms with Crippen LogP contribution in [0.15, 0.2) is 12.2 Å². The van der Waals surface area contributed by atoms with Crippen molar-refractivity contribution in [1.29, 1.82) is 0 Å². The van der Waals surface area contributed by atoms with Crippen LogP contribution in [-0.2, 0) is 4.79 Å². The predicted molar refractivity (Wildman–Crippen MR) is 61.8 cm³/mol. The summed E-state index contributed by atoms with van der Waals surface area (Å²) in [6.45, 7) is 0. The Bertz CT molecular complexity index is 249. The van der Waals surface area contributed by atoms with Gasteiger partial charge in [-0.2, -0.15) is 0 Å². The van der Waals surface area contributed by atoms with Crippen LogP contribution in [0, 0.1) is 0 Å². The van der Waals surface area contributed by atoms with Crippen molar-refractivity contribution in [2.75, 3.05) is 7.05 Å². The van der Waals surface area contributed by atoms with Gasteiger partial charge >= 0.3 is 0 Å². The van der Waals surface area contributed by atoms with Gasteiger partial charge in [0.2, 0.25) is 0 Å². The minimum Gasteiger partial charge on any atom is -0.300 e. The fourth-order valence-corrected chi connectivity index (χ4v) is 2.74. The summed E-state index contributed by atoms with van der Waals surface area (Å²) in [5, 5.41) is 0. The highest BCUT2D eigenvalue weighted by atomic mass is 16.1. The molecule has 0 aliphatic heterocycles. The third-order valence-electron chi connectivity index (χ3n) is 3.84. The third kappa shape index (κ3) is 2.69. The van der Waals surface area contributed by atoms with Gasteiger partial charge in [-0.1, -0.05) is 12.2 Å². The molecule has 2 aliphatic rings. The van der Waals surface area contributed by atoms with E-state index in [9.17, 15) is 4.79 Å². The number of hydrogen-bond acceptors (Lipinski definition) is 2. The summed E-state index contributed by atoms with van der Waals surface area (Å²) in [5.74, 6) is 0.457. The van der Waals surface area contributed by atoms with E-state index in [0.717, 1.165) is 25.7 Å². The van der Waals surface area contributed by atoms with Gasteiger partial charge in [0.1, 0.15) is 5.78 Å². The van der Waals surface area contributed by atoms with E-state index < -0.39 is 0 Å². The normalized spacial score (nSPS) is 28.7. The zero-order chi connectivity index (χ0) is 10.7. The Labute approximate surface area is 92.3 Å². The number of allylic oxidation sites excluding steroid dienone is 1. The molecule has 0 spiro atoms. The topological polar surface area (TPSA) is 20.3 Å². The number of nitrogens with zero attached hydrogens (tertiary/aromatic N) is 1. The highest BCUT2D eigenvalue weighted by Gasteiger charge is 2.26. The lowest BCUT2D eigenvalue weighted by atomic mass is 9.91. The van der Waals surface area contributed by atoms with Gasteiger partial charge in [-0.15, -0.1) is 0 Å². The van der Waals surface area contributed by atoms with Crippen molar-refractivity contribution in [2.45, 2.75) is 57.0 Å². The van der Waals surface area contributed by atoms with Crippen LogP contribution < -0.4 is 0 Å². The number of likely N-dealkylation sites (N-methyl/N-ethyl adjacent to an activating group) is 1. The smallest absolute Gasteiger partial charge is 0.133 e. The monoisotopic (exact) mass is 207 g/mol. The van der Waals surface area contributed by atoms with Crippen molar-refractivity contribution >= 4 is 5.78 Å². The number of carbonyl (C=O) groups is 1. The van der Waals surface area contributed by atoms with Crippen molar-refractivity contribution in [3.8, 4) is 0 Å². The first-order chi connectivity index (χ1) is 7.27. The molecule has 0 N–H and O–H groups in total. The van der Waals surface area contributed by atoms with Crippen molar-refractivity contribution in [3.63, 3.8) is 0 Å². The van der Waals surface area contributed by atoms with Crippen LogP contribution in [0.5, 0.6) is 0 Å². The van der Waals surface area contributed by atoms with Crippen LogP contribution in [-0.4, -0.2) is 29.8 Å². The van der Waals surface area contributed by atoms with Gasteiger partial charge in [-0.3, -0.25) is 9.69 Å². The maximum Gasteiger partial charge on any atom is 0.133 e. The van der Waals surface area contributed by atoms with Gasteiger partial charge in [0, 0.05) is 24.9 Å². The number of Topliss-reactive ketones (excluding diaryl/α,β-unsaturated/α-hetero) is 1. The molecule has 15 heavy (non-hydrogen) atoms. The predicted octanol–water partition coefficient (Wildman–Crippen LogP) is 2.54. The summed E-state index contributed by atoms with van der Waals surface area (Å²) in [5.41, 5.74) is 0. The van der Waals surface area contributed by atoms with Crippen molar-refractivity contribution in [2.24, 2.45) is 0 Å². The number of hydrogen-bond donors (Lipinski definition) is 0. The highest BCUT2D eigenvalue weighted by molar-refractivity contribution is 5.79. The molecule has 2 heteroatoms. The summed E-state index contributed by atoms with van der Waals surface area (Å²) in [6.07, 6.45) is 12.2. The van der Waals surface area contributed by atoms with E-state index in [4.69, 9.17) is 0 Å². The van der Waals surface area contributed by atoms with Crippen LogP contribution in [0.25, 0.3) is 0 Å². The maximum absolute atomic E-state index is 11.2. The highest BCUT2D eigenvalue weighted by Crippen LogP contribution is 2.24. The van der Waals surface area contributed by atoms with Gasteiger partial charge in [0.25, 0.3) is 0 Å². The van der Waals surface area contributed by atoms with E-state index in [-0.39, 0.29) is 0 Å². The molecule has 1 fully saturated rings. The van der Waals surface area contributed by atoms with E-state index in [2.05, 4.69) is 24.1 Å². The van der Waals surface area contributed by atoms with Crippen molar-refractivity contribution in [3.05, 3.63) is 12.2 Å². The molecule has 1 unspecified atom stereocenters. The van der Waals surface area contributed by atoms with E-state index in [1.54, 1.807) is 0 Å². The van der Waals surface area contributed by atoms with Gasteiger partial charge in [0.05, 0.1) is 0 Å². The SMILES string of the molecule is CN(C1C=CCCC1)C1CCC(=O)CC1. The van der Waals surface area contributed by atoms with Crippen LogP contribution in [0.3, 0.4) is 0 Å². The molecule has 0 aromatic heterocycles. The van der Waals surface area contributed by atoms with Crippen LogP contribution in [0.4, 0.5) is 0 Å². The molecule has 0 bridgehead atoms. The molecular formula is C13H21NO. The standard InChI is InChI=1S/C13H21NO/c1-14(11-5-3-2-4-6-11)12-7-9-13(15)10-8-12/h3,5,11-12H,2,4,6-10H2,1H3. The summed E-state index contributed by atoms with van der Waals surface area (Å²) < 4.78 is 0. The lowest BCUT2D eigenvalue weighted by Crippen LogP contribution is -2.41. The zero-order valence-electron chi connectivity index (χ0n) is 9.61. The van der Waals surface area contributed by atoms with Crippen molar-refractivity contribution in [1.82, 2.24) is 4.90 Å². The van der Waals surface area contributed by atoms with E-state index in [0.29, 0.717) is 17.9 Å². The van der Waals surface area contributed by atoms with Gasteiger partial charge in [-0.25, -0.2) is 0 Å². The Morgan fingerprint density at radius 2 is 2.00 bits per heavy atom. The molecule has 0 amide bonds. The Morgan fingerprint density at radius 3 is 2.60 bits per heavy atom. The second-order valence-electron chi connectivity index (χ2n) is 4.86. The molecule has 0 heterocycles. The summed E-state index contributed by atoms with van der Waals surface area (Å²) >= 11 is 0. The van der Waals surface area contributed by atoms with Gasteiger partial charge in [-0.05, 0) is 39.2 Å². The van der Waals surface area contributed by atoms with Crippen molar-refractivity contribution < 1.29 is 4.79 Å². The van der Waals surface area contributed by atoms with Crippen LogP contribution in [0.2, 0.25) is 0 Å². The summed E-state index contributed by atoms with van der Waals surface area (Å²) in [4.78, 5) is 13.7. The Kier molecular flexibility index (Phi) is 3.57. The third-order valence-corrected chi connectivity index (χ3v) is 3.84. The molecule has 2 aliphatic carbocycles. The number of ketones is 1. The fraction of sp³-hybridized carbons (Fsp3) is 0.769. The number of carbonyl (C=O) groups excluding carboxylic acids is 1. The molecule has 1 saturated carbocycles. The molecule has 0 aromatic carbocycles. The molecule has 2 rings (SSSR count). The molecular weight excluding hydrogens is 186 g/mol. The Hall–Kier alpha value is -0.630. The largest absolute Gasteiger partial charge is 0.300 e. The van der Waals surface area contributed by atoms with Crippen LogP contribution >= 0.6 is 0 Å². The molecule has 0 aromatic rings. The van der Waals surface area contributed by atoms with Gasteiger partial charge < -0.3 is 0 Å². The first-order valence-electron chi connectivity index (χ1n) is 6.17.